The molecule has 0 amide bonds. The van der Waals surface area contributed by atoms with Crippen LogP contribution in [0.3, 0.4) is 0 Å². The Morgan fingerprint density at radius 2 is 2.11 bits per heavy atom. The number of nitrogen functional groups attached to an aromatic ring is 1. The van der Waals surface area contributed by atoms with Crippen molar-refractivity contribution < 1.29 is 4.74 Å². The van der Waals surface area contributed by atoms with Crippen LogP contribution < -0.4 is 15.8 Å². The highest BCUT2D eigenvalue weighted by Crippen LogP contribution is 2.29. The van der Waals surface area contributed by atoms with E-state index >= 15 is 0 Å². The van der Waals surface area contributed by atoms with Crippen molar-refractivity contribution in [2.24, 2.45) is 0 Å². The summed E-state index contributed by atoms with van der Waals surface area (Å²) in [6.45, 7) is 0. The summed E-state index contributed by atoms with van der Waals surface area (Å²) in [5, 5.41) is 2.99. The zero-order valence-electron chi connectivity index (χ0n) is 9.32. The monoisotopic (exact) mass is 329 g/mol. The fourth-order valence-corrected chi connectivity index (χ4v) is 1.85. The van der Waals surface area contributed by atoms with Gasteiger partial charge in [0.05, 0.1) is 12.8 Å². The molecule has 2 aromatic rings. The van der Waals surface area contributed by atoms with E-state index in [-0.39, 0.29) is 17.2 Å². The van der Waals surface area contributed by atoms with Crippen molar-refractivity contribution in [2.75, 3.05) is 18.2 Å². The molecule has 18 heavy (non-hydrogen) atoms. The first-order chi connectivity index (χ1) is 8.58. The number of aromatic nitrogens is 3. The Hall–Kier alpha value is -1.60. The van der Waals surface area contributed by atoms with Crippen molar-refractivity contribution in [3.63, 3.8) is 0 Å². The van der Waals surface area contributed by atoms with E-state index in [1.807, 2.05) is 12.1 Å². The lowest BCUT2D eigenvalue weighted by molar-refractivity contribution is 0.416. The van der Waals surface area contributed by atoms with Crippen molar-refractivity contribution in [3.05, 3.63) is 28.0 Å². The van der Waals surface area contributed by atoms with Gasteiger partial charge in [0.1, 0.15) is 5.75 Å². The fourth-order valence-electron chi connectivity index (χ4n) is 1.32. The van der Waals surface area contributed by atoms with Gasteiger partial charge in [-0.3, -0.25) is 0 Å². The molecule has 0 saturated heterocycles. The van der Waals surface area contributed by atoms with Crippen LogP contribution in [0.1, 0.15) is 0 Å². The summed E-state index contributed by atoms with van der Waals surface area (Å²) in [6, 6.07) is 5.49. The molecule has 6 nitrogen and oxygen atoms in total. The van der Waals surface area contributed by atoms with Gasteiger partial charge in [-0.05, 0) is 29.8 Å². The Labute approximate surface area is 117 Å². The number of halogens is 2. The molecule has 94 valence electrons. The number of hydrogen-bond donors (Lipinski definition) is 2. The predicted octanol–water partition coefficient (Wildman–Crippen LogP) is 2.62. The molecule has 0 radical (unpaired) electrons. The Bertz CT molecular complexity index is 560. The van der Waals surface area contributed by atoms with Gasteiger partial charge in [0.2, 0.25) is 17.2 Å². The van der Waals surface area contributed by atoms with E-state index in [4.69, 9.17) is 22.1 Å². The van der Waals surface area contributed by atoms with Gasteiger partial charge in [-0.15, -0.1) is 0 Å². The van der Waals surface area contributed by atoms with Crippen LogP contribution in [0.2, 0.25) is 5.28 Å². The summed E-state index contributed by atoms with van der Waals surface area (Å²) in [4.78, 5) is 11.5. The number of nitrogens with zero attached hydrogens (tertiary/aromatic N) is 3. The number of rotatable bonds is 3. The summed E-state index contributed by atoms with van der Waals surface area (Å²) in [6.07, 6.45) is 0. The lowest BCUT2D eigenvalue weighted by atomic mass is 10.3. The SMILES string of the molecule is COc1ccc(Br)cc1Nc1nc(N)nc(Cl)n1. The average molecular weight is 331 g/mol. The maximum absolute atomic E-state index is 5.70. The Morgan fingerprint density at radius 3 is 2.78 bits per heavy atom. The zero-order chi connectivity index (χ0) is 13.1. The highest BCUT2D eigenvalue weighted by Gasteiger charge is 2.07. The van der Waals surface area contributed by atoms with Gasteiger partial charge in [0.25, 0.3) is 0 Å². The third kappa shape index (κ3) is 2.99. The minimum atomic E-state index is 0.0268. The number of hydrogen-bond acceptors (Lipinski definition) is 6. The molecule has 1 aromatic heterocycles. The van der Waals surface area contributed by atoms with Crippen LogP contribution in [0.4, 0.5) is 17.6 Å². The second-order valence-electron chi connectivity index (χ2n) is 3.26. The van der Waals surface area contributed by atoms with E-state index in [2.05, 4.69) is 36.2 Å². The van der Waals surface area contributed by atoms with Crippen LogP contribution in [0.15, 0.2) is 22.7 Å². The molecule has 1 heterocycles. The van der Waals surface area contributed by atoms with Gasteiger partial charge in [-0.25, -0.2) is 0 Å². The van der Waals surface area contributed by atoms with Crippen LogP contribution >= 0.6 is 27.5 Å². The van der Waals surface area contributed by atoms with Crippen LogP contribution in [-0.4, -0.2) is 22.1 Å². The highest BCUT2D eigenvalue weighted by molar-refractivity contribution is 9.10. The predicted molar refractivity (Wildman–Crippen MR) is 73.2 cm³/mol. The Balaban J connectivity index is 2.35. The summed E-state index contributed by atoms with van der Waals surface area (Å²) in [7, 11) is 1.57. The van der Waals surface area contributed by atoms with Crippen molar-refractivity contribution in [1.29, 1.82) is 0 Å². The molecule has 8 heteroatoms. The van der Waals surface area contributed by atoms with Crippen molar-refractivity contribution in [1.82, 2.24) is 15.0 Å². The molecule has 3 N–H and O–H groups in total. The topological polar surface area (TPSA) is 86.0 Å². The van der Waals surface area contributed by atoms with Gasteiger partial charge >= 0.3 is 0 Å². The smallest absolute Gasteiger partial charge is 0.233 e. The molecule has 0 aliphatic rings. The summed E-state index contributed by atoms with van der Waals surface area (Å²) >= 11 is 9.07. The summed E-state index contributed by atoms with van der Waals surface area (Å²) < 4.78 is 6.10. The third-order valence-electron chi connectivity index (χ3n) is 2.03. The molecule has 0 bridgehead atoms. The summed E-state index contributed by atoms with van der Waals surface area (Å²) in [5.41, 5.74) is 6.17. The van der Waals surface area contributed by atoms with Gasteiger partial charge < -0.3 is 15.8 Å². The van der Waals surface area contributed by atoms with Crippen LogP contribution in [-0.2, 0) is 0 Å². The first-order valence-corrected chi connectivity index (χ1v) is 6.03. The number of nitrogens with two attached hydrogens (primary N) is 1. The Morgan fingerprint density at radius 1 is 1.33 bits per heavy atom. The van der Waals surface area contributed by atoms with Crippen LogP contribution in [0, 0.1) is 0 Å². The maximum atomic E-state index is 5.70. The lowest BCUT2D eigenvalue weighted by Crippen LogP contribution is -2.04. The minimum absolute atomic E-state index is 0.0268. The quantitative estimate of drug-likeness (QED) is 0.899. The molecule has 1 aromatic carbocycles. The van der Waals surface area contributed by atoms with Gasteiger partial charge in [0.15, 0.2) is 0 Å². The fraction of sp³-hybridized carbons (Fsp3) is 0.100. The second kappa shape index (κ2) is 5.36. The van der Waals surface area contributed by atoms with E-state index in [0.29, 0.717) is 11.4 Å². The lowest BCUT2D eigenvalue weighted by Gasteiger charge is -2.10. The Kier molecular flexibility index (Phi) is 3.83. The first kappa shape index (κ1) is 12.8. The zero-order valence-corrected chi connectivity index (χ0v) is 11.7. The van der Waals surface area contributed by atoms with Gasteiger partial charge in [-0.1, -0.05) is 15.9 Å². The minimum Gasteiger partial charge on any atom is -0.495 e. The normalized spacial score (nSPS) is 10.2. The van der Waals surface area contributed by atoms with Crippen molar-refractivity contribution in [3.8, 4) is 5.75 Å². The standard InChI is InChI=1S/C10H9BrClN5O/c1-18-7-3-2-5(11)4-6(7)14-10-16-8(12)15-9(13)17-10/h2-4H,1H3,(H3,13,14,15,16,17). The molecule has 0 aliphatic heterocycles. The number of nitrogens with one attached hydrogen (secondary N) is 1. The van der Waals surface area contributed by atoms with Gasteiger partial charge in [0, 0.05) is 4.47 Å². The van der Waals surface area contributed by atoms with E-state index < -0.39 is 0 Å². The number of ether oxygens (including phenoxy) is 1. The highest BCUT2D eigenvalue weighted by atomic mass is 79.9. The first-order valence-electron chi connectivity index (χ1n) is 4.86. The van der Waals surface area contributed by atoms with Crippen molar-refractivity contribution in [2.45, 2.75) is 0 Å². The largest absolute Gasteiger partial charge is 0.495 e. The van der Waals surface area contributed by atoms with Gasteiger partial charge in [-0.2, -0.15) is 15.0 Å². The molecular formula is C10H9BrClN5O. The number of methoxy groups -OCH3 is 1. The third-order valence-corrected chi connectivity index (χ3v) is 2.70. The molecular weight excluding hydrogens is 322 g/mol. The second-order valence-corrected chi connectivity index (χ2v) is 4.51. The van der Waals surface area contributed by atoms with Crippen LogP contribution in [0.5, 0.6) is 5.75 Å². The molecule has 0 aliphatic carbocycles. The molecule has 0 fully saturated rings. The van der Waals surface area contributed by atoms with E-state index in [0.717, 1.165) is 4.47 Å². The summed E-state index contributed by atoms with van der Waals surface area (Å²) in [5.74, 6) is 0.948. The number of benzene rings is 1. The molecule has 2 rings (SSSR count). The molecule has 0 unspecified atom stereocenters. The van der Waals surface area contributed by atoms with E-state index in [9.17, 15) is 0 Å². The maximum Gasteiger partial charge on any atom is 0.233 e. The van der Waals surface area contributed by atoms with Crippen LogP contribution in [0.25, 0.3) is 0 Å². The molecule has 0 spiro atoms. The van der Waals surface area contributed by atoms with E-state index in [1.54, 1.807) is 13.2 Å². The molecule has 0 saturated carbocycles. The number of anilines is 3. The van der Waals surface area contributed by atoms with Crippen molar-refractivity contribution >= 4 is 45.1 Å². The van der Waals surface area contributed by atoms with E-state index in [1.165, 1.54) is 0 Å². The molecule has 0 atom stereocenters. The average Bonchev–Trinajstić information content (AvgIpc) is 2.27.